The van der Waals surface area contributed by atoms with Crippen LogP contribution in [0, 0.1) is 0 Å². The fourth-order valence-electron chi connectivity index (χ4n) is 7.78. The molecule has 10 rings (SSSR count). The minimum Gasteiger partial charge on any atom is -0.309 e. The number of para-hydroxylation sites is 2. The van der Waals surface area contributed by atoms with Gasteiger partial charge in [-0.3, -0.25) is 0 Å². The van der Waals surface area contributed by atoms with E-state index in [4.69, 9.17) is 0 Å². The highest BCUT2D eigenvalue weighted by atomic mass is 15.0. The van der Waals surface area contributed by atoms with Gasteiger partial charge in [-0.1, -0.05) is 152 Å². The van der Waals surface area contributed by atoms with Crippen LogP contribution in [0.25, 0.3) is 88.4 Å². The molecule has 0 atom stereocenters. The zero-order valence-electron chi connectivity index (χ0n) is 27.4. The monoisotopic (exact) mass is 636 g/mol. The van der Waals surface area contributed by atoms with Crippen LogP contribution < -0.4 is 0 Å². The highest BCUT2D eigenvalue weighted by Gasteiger charge is 2.21. The Morgan fingerprint density at radius 2 is 0.740 bits per heavy atom. The second kappa shape index (κ2) is 11.5. The van der Waals surface area contributed by atoms with Crippen molar-refractivity contribution < 1.29 is 0 Å². The summed E-state index contributed by atoms with van der Waals surface area (Å²) in [4.78, 5) is 0. The van der Waals surface area contributed by atoms with Crippen molar-refractivity contribution in [2.75, 3.05) is 0 Å². The first-order chi connectivity index (χ1) is 24.8. The van der Waals surface area contributed by atoms with E-state index < -0.39 is 0 Å². The summed E-state index contributed by atoms with van der Waals surface area (Å²) in [6.45, 7) is 0. The van der Waals surface area contributed by atoms with Crippen LogP contribution >= 0.6 is 0 Å². The van der Waals surface area contributed by atoms with Gasteiger partial charge in [0, 0.05) is 32.9 Å². The molecular weight excluding hydrogens is 605 g/mol. The second-order valence-corrected chi connectivity index (χ2v) is 13.0. The van der Waals surface area contributed by atoms with Gasteiger partial charge in [0.2, 0.25) is 0 Å². The summed E-state index contributed by atoms with van der Waals surface area (Å²) in [7, 11) is 0. The number of nitrogens with zero attached hydrogens (tertiary/aromatic N) is 2. The van der Waals surface area contributed by atoms with Crippen molar-refractivity contribution in [2.24, 2.45) is 0 Å². The van der Waals surface area contributed by atoms with Gasteiger partial charge < -0.3 is 9.13 Å². The molecule has 50 heavy (non-hydrogen) atoms. The molecule has 2 nitrogen and oxygen atoms in total. The zero-order valence-corrected chi connectivity index (χ0v) is 27.4. The maximum absolute atomic E-state index is 2.47. The molecule has 0 saturated heterocycles. The third kappa shape index (κ3) is 4.50. The standard InChI is InChI=1S/C48H32N2/c1-4-12-33(13-5-1)35-20-22-36(23-21-35)37-24-27-40(28-25-37)49-44-19-11-10-18-43(44)47-45(49)31-30-42-41-29-26-38(34-14-6-2-7-15-34)32-46(41)50(48(42)47)39-16-8-3-9-17-39/h1-32H. The van der Waals surface area contributed by atoms with Crippen molar-refractivity contribution in [2.45, 2.75) is 0 Å². The van der Waals surface area contributed by atoms with Gasteiger partial charge in [0.15, 0.2) is 0 Å². The second-order valence-electron chi connectivity index (χ2n) is 13.0. The van der Waals surface area contributed by atoms with Crippen molar-refractivity contribution in [3.05, 3.63) is 194 Å². The van der Waals surface area contributed by atoms with Crippen LogP contribution in [-0.2, 0) is 0 Å². The van der Waals surface area contributed by atoms with E-state index in [0.29, 0.717) is 0 Å². The maximum Gasteiger partial charge on any atom is 0.0641 e. The molecule has 0 bridgehead atoms. The van der Waals surface area contributed by atoms with Gasteiger partial charge in [-0.2, -0.15) is 0 Å². The first kappa shape index (κ1) is 28.4. The van der Waals surface area contributed by atoms with E-state index in [1.165, 1.54) is 77.0 Å². The van der Waals surface area contributed by atoms with Crippen LogP contribution in [0.1, 0.15) is 0 Å². The minimum absolute atomic E-state index is 1.15. The Morgan fingerprint density at radius 1 is 0.260 bits per heavy atom. The van der Waals surface area contributed by atoms with E-state index >= 15 is 0 Å². The average Bonchev–Trinajstić information content (AvgIpc) is 3.71. The third-order valence-corrected chi connectivity index (χ3v) is 10.1. The molecule has 2 aromatic heterocycles. The van der Waals surface area contributed by atoms with E-state index in [2.05, 4.69) is 203 Å². The normalized spacial score (nSPS) is 11.6. The predicted octanol–water partition coefficient (Wildman–Crippen LogP) is 12.9. The summed E-state index contributed by atoms with van der Waals surface area (Å²) in [5.74, 6) is 0. The molecule has 2 heteroatoms. The average molecular weight is 637 g/mol. The summed E-state index contributed by atoms with van der Waals surface area (Å²) in [6.07, 6.45) is 0. The van der Waals surface area contributed by atoms with Gasteiger partial charge in [0.1, 0.15) is 0 Å². The lowest BCUT2D eigenvalue weighted by molar-refractivity contribution is 1.17. The highest BCUT2D eigenvalue weighted by Crippen LogP contribution is 2.43. The fourth-order valence-corrected chi connectivity index (χ4v) is 7.78. The Labute approximate surface area is 290 Å². The maximum atomic E-state index is 2.47. The molecule has 0 spiro atoms. The Bertz CT molecular complexity index is 2810. The number of hydrogen-bond acceptors (Lipinski definition) is 0. The molecule has 0 aliphatic heterocycles. The van der Waals surface area contributed by atoms with E-state index in [-0.39, 0.29) is 0 Å². The lowest BCUT2D eigenvalue weighted by atomic mass is 10.0. The Morgan fingerprint density at radius 3 is 1.40 bits per heavy atom. The Balaban J connectivity index is 1.18. The fraction of sp³-hybridized carbons (Fsp3) is 0. The van der Waals surface area contributed by atoms with Crippen LogP contribution in [0.5, 0.6) is 0 Å². The van der Waals surface area contributed by atoms with E-state index in [0.717, 1.165) is 11.4 Å². The van der Waals surface area contributed by atoms with Gasteiger partial charge >= 0.3 is 0 Å². The lowest BCUT2D eigenvalue weighted by Gasteiger charge is -2.11. The first-order valence-electron chi connectivity index (χ1n) is 17.2. The van der Waals surface area contributed by atoms with Gasteiger partial charge in [-0.15, -0.1) is 0 Å². The highest BCUT2D eigenvalue weighted by molar-refractivity contribution is 6.26. The van der Waals surface area contributed by atoms with Crippen LogP contribution in [0.4, 0.5) is 0 Å². The zero-order chi connectivity index (χ0) is 33.0. The van der Waals surface area contributed by atoms with Crippen LogP contribution in [0.2, 0.25) is 0 Å². The van der Waals surface area contributed by atoms with Crippen molar-refractivity contribution in [3.8, 4) is 44.8 Å². The van der Waals surface area contributed by atoms with Gasteiger partial charge in [0.25, 0.3) is 0 Å². The van der Waals surface area contributed by atoms with Gasteiger partial charge in [-0.25, -0.2) is 0 Å². The molecule has 0 N–H and O–H groups in total. The first-order valence-corrected chi connectivity index (χ1v) is 17.2. The smallest absolute Gasteiger partial charge is 0.0641 e. The molecule has 0 aliphatic carbocycles. The Kier molecular flexibility index (Phi) is 6.53. The summed E-state index contributed by atoms with van der Waals surface area (Å²) < 4.78 is 4.90. The summed E-state index contributed by atoms with van der Waals surface area (Å²) in [6, 6.07) is 70.3. The van der Waals surface area contributed by atoms with Crippen molar-refractivity contribution in [1.29, 1.82) is 0 Å². The number of aromatic nitrogens is 2. The van der Waals surface area contributed by atoms with Gasteiger partial charge in [0.05, 0.1) is 22.1 Å². The quantitative estimate of drug-likeness (QED) is 0.178. The molecule has 0 saturated carbocycles. The van der Waals surface area contributed by atoms with Crippen molar-refractivity contribution >= 4 is 43.6 Å². The summed E-state index contributed by atoms with van der Waals surface area (Å²) in [5, 5.41) is 5.02. The number of rotatable bonds is 5. The third-order valence-electron chi connectivity index (χ3n) is 10.1. The van der Waals surface area contributed by atoms with Gasteiger partial charge in [-0.05, 0) is 75.8 Å². The number of hydrogen-bond donors (Lipinski definition) is 0. The van der Waals surface area contributed by atoms with Crippen LogP contribution in [0.15, 0.2) is 194 Å². The molecule has 0 unspecified atom stereocenters. The van der Waals surface area contributed by atoms with E-state index in [1.807, 2.05) is 0 Å². The molecule has 0 radical (unpaired) electrons. The van der Waals surface area contributed by atoms with Crippen LogP contribution in [-0.4, -0.2) is 9.13 Å². The van der Waals surface area contributed by atoms with E-state index in [9.17, 15) is 0 Å². The van der Waals surface area contributed by atoms with Crippen molar-refractivity contribution in [3.63, 3.8) is 0 Å². The van der Waals surface area contributed by atoms with E-state index in [1.54, 1.807) is 0 Å². The summed E-state index contributed by atoms with van der Waals surface area (Å²) >= 11 is 0. The molecule has 8 aromatic carbocycles. The molecule has 234 valence electrons. The number of benzene rings is 8. The Hall–Kier alpha value is -6.64. The largest absolute Gasteiger partial charge is 0.309 e. The van der Waals surface area contributed by atoms with Crippen LogP contribution in [0.3, 0.4) is 0 Å². The molecule has 0 amide bonds. The lowest BCUT2D eigenvalue weighted by Crippen LogP contribution is -1.95. The topological polar surface area (TPSA) is 9.86 Å². The minimum atomic E-state index is 1.15. The number of fused-ring (bicyclic) bond motifs is 7. The predicted molar refractivity (Wildman–Crippen MR) is 211 cm³/mol. The molecule has 0 aliphatic rings. The summed E-state index contributed by atoms with van der Waals surface area (Å²) in [5.41, 5.74) is 14.5. The molecule has 10 aromatic rings. The molecular formula is C48H32N2. The molecule has 0 fully saturated rings. The molecule has 2 heterocycles. The van der Waals surface area contributed by atoms with Crippen molar-refractivity contribution in [1.82, 2.24) is 9.13 Å². The SMILES string of the molecule is c1ccc(-c2ccc(-c3ccc(-n4c5ccccc5c5c4ccc4c6ccc(-c7ccccc7)cc6n(-c6ccccc6)c45)cc3)cc2)cc1.